The molecule has 1 N–H and O–H groups in total. The van der Waals surface area contributed by atoms with E-state index in [-0.39, 0.29) is 4.90 Å². The van der Waals surface area contributed by atoms with E-state index in [0.29, 0.717) is 5.69 Å². The average molecular weight is 339 g/mol. The van der Waals surface area contributed by atoms with Crippen molar-refractivity contribution < 1.29 is 13.2 Å². The van der Waals surface area contributed by atoms with E-state index >= 15 is 0 Å². The molecule has 0 heterocycles. The van der Waals surface area contributed by atoms with Crippen LogP contribution in [-0.2, 0) is 14.6 Å². The van der Waals surface area contributed by atoms with Gasteiger partial charge in [0.05, 0.1) is 4.90 Å². The lowest BCUT2D eigenvalue weighted by molar-refractivity contribution is -0.113. The van der Waals surface area contributed by atoms with Gasteiger partial charge in [0.15, 0.2) is 9.84 Å². The molecule has 0 radical (unpaired) electrons. The quantitative estimate of drug-likeness (QED) is 0.790. The highest BCUT2D eigenvalue weighted by atomic mass is 32.2. The molecule has 0 aliphatic carbocycles. The SMILES string of the molecule is Cc1ccc(S(=O)(=O)CC(=O)Nc2ccc3ccccc3c2)cc1. The van der Waals surface area contributed by atoms with E-state index < -0.39 is 21.5 Å². The Bertz CT molecular complexity index is 993. The number of sulfone groups is 1. The van der Waals surface area contributed by atoms with Crippen molar-refractivity contribution in [2.75, 3.05) is 11.1 Å². The number of rotatable bonds is 4. The zero-order valence-electron chi connectivity index (χ0n) is 13.2. The number of aryl methyl sites for hydroxylation is 1. The van der Waals surface area contributed by atoms with Crippen molar-refractivity contribution in [3.05, 3.63) is 72.3 Å². The van der Waals surface area contributed by atoms with Crippen molar-refractivity contribution in [3.8, 4) is 0 Å². The summed E-state index contributed by atoms with van der Waals surface area (Å²) in [7, 11) is -3.65. The molecule has 122 valence electrons. The number of hydrogen-bond donors (Lipinski definition) is 1. The Morgan fingerprint density at radius 1 is 0.917 bits per heavy atom. The number of fused-ring (bicyclic) bond motifs is 1. The summed E-state index contributed by atoms with van der Waals surface area (Å²) in [6, 6.07) is 19.7. The van der Waals surface area contributed by atoms with E-state index in [2.05, 4.69) is 5.32 Å². The fourth-order valence-corrected chi connectivity index (χ4v) is 3.60. The molecule has 0 aliphatic heterocycles. The third kappa shape index (κ3) is 3.63. The molecule has 1 amide bonds. The van der Waals surface area contributed by atoms with Crippen molar-refractivity contribution in [2.24, 2.45) is 0 Å². The van der Waals surface area contributed by atoms with Crippen LogP contribution in [0, 0.1) is 6.92 Å². The zero-order chi connectivity index (χ0) is 17.2. The van der Waals surface area contributed by atoms with E-state index in [1.54, 1.807) is 18.2 Å². The summed E-state index contributed by atoms with van der Waals surface area (Å²) < 4.78 is 24.6. The summed E-state index contributed by atoms with van der Waals surface area (Å²) in [5, 5.41) is 4.69. The lowest BCUT2D eigenvalue weighted by Crippen LogP contribution is -2.23. The Labute approximate surface area is 141 Å². The zero-order valence-corrected chi connectivity index (χ0v) is 14.0. The van der Waals surface area contributed by atoms with E-state index in [0.717, 1.165) is 16.3 Å². The van der Waals surface area contributed by atoms with Crippen molar-refractivity contribution in [2.45, 2.75) is 11.8 Å². The van der Waals surface area contributed by atoms with Crippen molar-refractivity contribution in [1.82, 2.24) is 0 Å². The Kier molecular flexibility index (Phi) is 4.36. The topological polar surface area (TPSA) is 63.2 Å². The first-order valence-electron chi connectivity index (χ1n) is 7.52. The number of hydrogen-bond acceptors (Lipinski definition) is 3. The fraction of sp³-hybridized carbons (Fsp3) is 0.105. The van der Waals surface area contributed by atoms with Crippen LogP contribution in [0.4, 0.5) is 5.69 Å². The standard InChI is InChI=1S/C19H17NO3S/c1-14-6-10-18(11-7-14)24(22,23)13-19(21)20-17-9-8-15-4-2-3-5-16(15)12-17/h2-12H,13H2,1H3,(H,20,21). The number of anilines is 1. The Hall–Kier alpha value is -2.66. The molecule has 0 saturated heterocycles. The third-order valence-electron chi connectivity index (χ3n) is 3.73. The van der Waals surface area contributed by atoms with Gasteiger partial charge < -0.3 is 5.32 Å². The number of carbonyl (C=O) groups excluding carboxylic acids is 1. The summed E-state index contributed by atoms with van der Waals surface area (Å²) in [6.07, 6.45) is 0. The number of benzene rings is 3. The second kappa shape index (κ2) is 6.45. The largest absolute Gasteiger partial charge is 0.325 e. The molecule has 5 heteroatoms. The monoisotopic (exact) mass is 339 g/mol. The minimum absolute atomic E-state index is 0.154. The van der Waals surface area contributed by atoms with Gasteiger partial charge in [-0.3, -0.25) is 4.79 Å². The molecule has 4 nitrogen and oxygen atoms in total. The second-order valence-electron chi connectivity index (χ2n) is 5.68. The number of nitrogens with one attached hydrogen (secondary N) is 1. The van der Waals surface area contributed by atoms with Crippen LogP contribution in [0.25, 0.3) is 10.8 Å². The molecular weight excluding hydrogens is 322 g/mol. The summed E-state index contributed by atoms with van der Waals surface area (Å²) in [5.41, 5.74) is 1.55. The van der Waals surface area contributed by atoms with Crippen LogP contribution in [0.2, 0.25) is 0 Å². The predicted octanol–water partition coefficient (Wildman–Crippen LogP) is 3.56. The maximum absolute atomic E-state index is 12.3. The Morgan fingerprint density at radius 2 is 1.58 bits per heavy atom. The summed E-state index contributed by atoms with van der Waals surface area (Å²) in [6.45, 7) is 1.88. The minimum Gasteiger partial charge on any atom is -0.325 e. The van der Waals surface area contributed by atoms with Crippen molar-refractivity contribution in [3.63, 3.8) is 0 Å². The van der Waals surface area contributed by atoms with Gasteiger partial charge in [0, 0.05) is 5.69 Å². The Morgan fingerprint density at radius 3 is 2.29 bits per heavy atom. The van der Waals surface area contributed by atoms with E-state index in [1.165, 1.54) is 12.1 Å². The smallest absolute Gasteiger partial charge is 0.239 e. The summed E-state index contributed by atoms with van der Waals surface area (Å²) >= 11 is 0. The van der Waals surface area contributed by atoms with Crippen LogP contribution in [0.3, 0.4) is 0 Å². The maximum atomic E-state index is 12.3. The molecular formula is C19H17NO3S. The minimum atomic E-state index is -3.65. The maximum Gasteiger partial charge on any atom is 0.239 e. The van der Waals surface area contributed by atoms with Crippen LogP contribution >= 0.6 is 0 Å². The van der Waals surface area contributed by atoms with Gasteiger partial charge in [0.1, 0.15) is 5.75 Å². The van der Waals surface area contributed by atoms with Crippen LogP contribution in [-0.4, -0.2) is 20.1 Å². The molecule has 3 rings (SSSR count). The molecule has 0 unspecified atom stereocenters. The van der Waals surface area contributed by atoms with Gasteiger partial charge in [-0.2, -0.15) is 0 Å². The molecule has 0 aliphatic rings. The van der Waals surface area contributed by atoms with Crippen LogP contribution in [0.15, 0.2) is 71.6 Å². The average Bonchev–Trinajstić information content (AvgIpc) is 2.54. The van der Waals surface area contributed by atoms with Gasteiger partial charge in [-0.15, -0.1) is 0 Å². The van der Waals surface area contributed by atoms with Crippen molar-refractivity contribution >= 4 is 32.2 Å². The van der Waals surface area contributed by atoms with Crippen molar-refractivity contribution in [1.29, 1.82) is 0 Å². The van der Waals surface area contributed by atoms with E-state index in [1.807, 2.05) is 43.3 Å². The molecule has 3 aromatic rings. The van der Waals surface area contributed by atoms with Gasteiger partial charge in [-0.05, 0) is 42.0 Å². The fourth-order valence-electron chi connectivity index (χ4n) is 2.47. The molecule has 0 saturated carbocycles. The third-order valence-corrected chi connectivity index (χ3v) is 5.37. The van der Waals surface area contributed by atoms with Gasteiger partial charge in [-0.1, -0.05) is 48.0 Å². The normalized spacial score (nSPS) is 11.4. The molecule has 0 spiro atoms. The highest BCUT2D eigenvalue weighted by molar-refractivity contribution is 7.92. The van der Waals surface area contributed by atoms with Gasteiger partial charge in [0.25, 0.3) is 0 Å². The first-order valence-corrected chi connectivity index (χ1v) is 9.17. The highest BCUT2D eigenvalue weighted by Gasteiger charge is 2.19. The van der Waals surface area contributed by atoms with Gasteiger partial charge >= 0.3 is 0 Å². The van der Waals surface area contributed by atoms with E-state index in [4.69, 9.17) is 0 Å². The predicted molar refractivity (Wildman–Crippen MR) is 95.8 cm³/mol. The molecule has 0 bridgehead atoms. The molecule has 3 aromatic carbocycles. The van der Waals surface area contributed by atoms with Gasteiger partial charge in [0.2, 0.25) is 5.91 Å². The lowest BCUT2D eigenvalue weighted by Gasteiger charge is -2.08. The van der Waals surface area contributed by atoms with E-state index in [9.17, 15) is 13.2 Å². The lowest BCUT2D eigenvalue weighted by atomic mass is 10.1. The second-order valence-corrected chi connectivity index (χ2v) is 7.67. The van der Waals surface area contributed by atoms with Gasteiger partial charge in [-0.25, -0.2) is 8.42 Å². The molecule has 0 atom stereocenters. The molecule has 0 aromatic heterocycles. The van der Waals surface area contributed by atoms with Crippen LogP contribution in [0.5, 0.6) is 0 Å². The highest BCUT2D eigenvalue weighted by Crippen LogP contribution is 2.19. The first-order chi connectivity index (χ1) is 11.4. The van der Waals surface area contributed by atoms with Crippen LogP contribution < -0.4 is 5.32 Å². The number of amides is 1. The van der Waals surface area contributed by atoms with Crippen LogP contribution in [0.1, 0.15) is 5.56 Å². The Balaban J connectivity index is 1.75. The molecule has 0 fully saturated rings. The summed E-state index contributed by atoms with van der Waals surface area (Å²) in [4.78, 5) is 12.3. The number of carbonyl (C=O) groups is 1. The summed E-state index contributed by atoms with van der Waals surface area (Å²) in [5.74, 6) is -1.13. The molecule has 24 heavy (non-hydrogen) atoms. The first kappa shape index (κ1) is 16.2.